The van der Waals surface area contributed by atoms with Crippen molar-refractivity contribution in [3.63, 3.8) is 0 Å². The summed E-state index contributed by atoms with van der Waals surface area (Å²) in [6.07, 6.45) is 0. The van der Waals surface area contributed by atoms with Crippen molar-refractivity contribution in [3.8, 4) is 22.4 Å². The number of anilines is 1. The molecule has 0 unspecified atom stereocenters. The van der Waals surface area contributed by atoms with E-state index >= 15 is 0 Å². The molecule has 3 heteroatoms. The van der Waals surface area contributed by atoms with E-state index in [4.69, 9.17) is 5.73 Å². The standard InChI is InChI=1S/C15H12N2Se/c16-15-17-14(10-18-15)13-8-6-12(7-9-13)11-4-2-1-3-5-11/h1-10H,(H2,16,17). The fraction of sp³-hybridized carbons (Fsp3) is 0. The molecule has 0 aliphatic rings. The van der Waals surface area contributed by atoms with Gasteiger partial charge in [-0.25, -0.2) is 0 Å². The number of aromatic nitrogens is 1. The Bertz CT molecular complexity index is 642. The summed E-state index contributed by atoms with van der Waals surface area (Å²) < 4.78 is 0.754. The Kier molecular flexibility index (Phi) is 3.01. The summed E-state index contributed by atoms with van der Waals surface area (Å²) in [5.74, 6) is 0. The van der Waals surface area contributed by atoms with Crippen LogP contribution in [0.2, 0.25) is 0 Å². The second kappa shape index (κ2) is 4.81. The quantitative estimate of drug-likeness (QED) is 0.739. The fourth-order valence-electron chi connectivity index (χ4n) is 1.88. The summed E-state index contributed by atoms with van der Waals surface area (Å²) in [6.45, 7) is 0. The number of hydrogen-bond donors (Lipinski definition) is 1. The third-order valence-electron chi connectivity index (χ3n) is 2.81. The van der Waals surface area contributed by atoms with Crippen molar-refractivity contribution < 1.29 is 0 Å². The van der Waals surface area contributed by atoms with Gasteiger partial charge in [-0.15, -0.1) is 0 Å². The molecular formula is C15H12N2Se. The molecule has 3 rings (SSSR count). The van der Waals surface area contributed by atoms with E-state index in [1.807, 2.05) is 6.07 Å². The normalized spacial score (nSPS) is 10.4. The zero-order valence-corrected chi connectivity index (χ0v) is 11.4. The molecule has 0 saturated carbocycles. The topological polar surface area (TPSA) is 38.9 Å². The maximum absolute atomic E-state index is 5.71. The Morgan fingerprint density at radius 1 is 0.778 bits per heavy atom. The van der Waals surface area contributed by atoms with Gasteiger partial charge in [0, 0.05) is 0 Å². The van der Waals surface area contributed by atoms with Crippen LogP contribution in [-0.4, -0.2) is 19.5 Å². The summed E-state index contributed by atoms with van der Waals surface area (Å²) in [4.78, 5) is 6.47. The molecule has 0 radical (unpaired) electrons. The summed E-state index contributed by atoms with van der Waals surface area (Å²) >= 11 is 0.230. The number of nitrogens with two attached hydrogens (primary N) is 1. The molecule has 18 heavy (non-hydrogen) atoms. The van der Waals surface area contributed by atoms with Gasteiger partial charge in [0.2, 0.25) is 0 Å². The molecule has 0 amide bonds. The van der Waals surface area contributed by atoms with Crippen LogP contribution in [0.3, 0.4) is 0 Å². The summed E-state index contributed by atoms with van der Waals surface area (Å²) in [5, 5.41) is 0. The molecule has 2 N–H and O–H groups in total. The fourth-order valence-corrected chi connectivity index (χ4v) is 3.08. The summed E-state index contributed by atoms with van der Waals surface area (Å²) in [5.41, 5.74) is 10.3. The van der Waals surface area contributed by atoms with Crippen LogP contribution in [0.25, 0.3) is 22.4 Å². The van der Waals surface area contributed by atoms with Gasteiger partial charge in [0.05, 0.1) is 0 Å². The van der Waals surface area contributed by atoms with Crippen molar-refractivity contribution in [2.75, 3.05) is 5.73 Å². The van der Waals surface area contributed by atoms with Crippen LogP contribution in [0.1, 0.15) is 0 Å². The van der Waals surface area contributed by atoms with Crippen molar-refractivity contribution in [1.82, 2.24) is 4.98 Å². The Morgan fingerprint density at radius 2 is 1.39 bits per heavy atom. The molecule has 0 saturated heterocycles. The Labute approximate surface area is 112 Å². The molecule has 0 bridgehead atoms. The molecule has 1 heterocycles. The summed E-state index contributed by atoms with van der Waals surface area (Å²) in [7, 11) is 0. The molecular weight excluding hydrogens is 287 g/mol. The van der Waals surface area contributed by atoms with Gasteiger partial charge in [0.15, 0.2) is 0 Å². The number of benzene rings is 2. The van der Waals surface area contributed by atoms with Crippen LogP contribution in [0.15, 0.2) is 59.5 Å². The van der Waals surface area contributed by atoms with E-state index in [9.17, 15) is 0 Å². The van der Waals surface area contributed by atoms with Gasteiger partial charge in [-0.1, -0.05) is 0 Å². The van der Waals surface area contributed by atoms with Crippen LogP contribution in [-0.2, 0) is 0 Å². The van der Waals surface area contributed by atoms with Crippen LogP contribution in [0, 0.1) is 0 Å². The van der Waals surface area contributed by atoms with Gasteiger partial charge in [-0.2, -0.15) is 0 Å². The van der Waals surface area contributed by atoms with Crippen molar-refractivity contribution in [2.24, 2.45) is 0 Å². The molecule has 0 fully saturated rings. The molecule has 88 valence electrons. The minimum atomic E-state index is 0.230. The van der Waals surface area contributed by atoms with Crippen molar-refractivity contribution in [2.45, 2.75) is 0 Å². The van der Waals surface area contributed by atoms with E-state index in [0.717, 1.165) is 15.9 Å². The summed E-state index contributed by atoms with van der Waals surface area (Å²) in [6, 6.07) is 18.8. The van der Waals surface area contributed by atoms with Crippen molar-refractivity contribution in [1.29, 1.82) is 0 Å². The van der Waals surface area contributed by atoms with E-state index < -0.39 is 0 Å². The molecule has 2 nitrogen and oxygen atoms in total. The van der Waals surface area contributed by atoms with Gasteiger partial charge >= 0.3 is 112 Å². The second-order valence-electron chi connectivity index (χ2n) is 4.01. The van der Waals surface area contributed by atoms with Crippen LogP contribution < -0.4 is 5.73 Å². The van der Waals surface area contributed by atoms with Gasteiger partial charge in [-0.3, -0.25) is 0 Å². The number of rotatable bonds is 2. The van der Waals surface area contributed by atoms with Crippen LogP contribution in [0.5, 0.6) is 0 Å². The number of nitrogens with zero attached hydrogens (tertiary/aromatic N) is 1. The maximum atomic E-state index is 5.71. The molecule has 0 aliphatic heterocycles. The first kappa shape index (κ1) is 11.3. The molecule has 0 atom stereocenters. The van der Waals surface area contributed by atoms with Gasteiger partial charge in [0.1, 0.15) is 0 Å². The number of hydrogen-bond acceptors (Lipinski definition) is 2. The van der Waals surface area contributed by atoms with Crippen molar-refractivity contribution >= 4 is 19.2 Å². The predicted octanol–water partition coefficient (Wildman–Crippen LogP) is 3.05. The van der Waals surface area contributed by atoms with E-state index in [2.05, 4.69) is 58.5 Å². The van der Waals surface area contributed by atoms with E-state index in [1.165, 1.54) is 11.1 Å². The first-order valence-electron chi connectivity index (χ1n) is 5.70. The van der Waals surface area contributed by atoms with Crippen molar-refractivity contribution in [3.05, 3.63) is 59.5 Å². The predicted molar refractivity (Wildman–Crippen MR) is 76.5 cm³/mol. The molecule has 2 aromatic carbocycles. The molecule has 0 aliphatic carbocycles. The minimum absolute atomic E-state index is 0.230. The third kappa shape index (κ3) is 2.23. The Morgan fingerprint density at radius 3 is 2.00 bits per heavy atom. The zero-order chi connectivity index (χ0) is 12.4. The first-order valence-corrected chi connectivity index (χ1v) is 7.54. The van der Waals surface area contributed by atoms with Crippen LogP contribution in [0.4, 0.5) is 4.69 Å². The number of nitrogen functional groups attached to an aromatic ring is 1. The molecule has 0 spiro atoms. The SMILES string of the molecule is Nc1nc(-c2ccc(-c3ccccc3)cc2)c[se]1. The Balaban J connectivity index is 1.94. The van der Waals surface area contributed by atoms with Gasteiger partial charge < -0.3 is 0 Å². The average molecular weight is 299 g/mol. The van der Waals surface area contributed by atoms with E-state index in [-0.39, 0.29) is 14.5 Å². The third-order valence-corrected chi connectivity index (χ3v) is 4.22. The molecule has 1 aromatic heterocycles. The van der Waals surface area contributed by atoms with Crippen LogP contribution >= 0.6 is 0 Å². The first-order chi connectivity index (χ1) is 8.83. The second-order valence-corrected chi connectivity index (χ2v) is 5.88. The van der Waals surface area contributed by atoms with E-state index in [1.54, 1.807) is 0 Å². The zero-order valence-electron chi connectivity index (χ0n) is 9.71. The molecule has 3 aromatic rings. The van der Waals surface area contributed by atoms with Gasteiger partial charge in [-0.05, 0) is 0 Å². The monoisotopic (exact) mass is 300 g/mol. The van der Waals surface area contributed by atoms with Gasteiger partial charge in [0.25, 0.3) is 0 Å². The Hall–Kier alpha value is -1.83. The van der Waals surface area contributed by atoms with E-state index in [0.29, 0.717) is 0 Å². The average Bonchev–Trinajstić information content (AvgIpc) is 2.87.